The van der Waals surface area contributed by atoms with Crippen LogP contribution in [0.5, 0.6) is 0 Å². The Morgan fingerprint density at radius 1 is 1.37 bits per heavy atom. The Morgan fingerprint density at radius 3 is 2.58 bits per heavy atom. The van der Waals surface area contributed by atoms with Gasteiger partial charge in [-0.05, 0) is 12.1 Å². The van der Waals surface area contributed by atoms with Crippen molar-refractivity contribution in [3.63, 3.8) is 0 Å². The van der Waals surface area contributed by atoms with Crippen LogP contribution in [0.3, 0.4) is 0 Å². The molecule has 4 N–H and O–H groups in total. The highest BCUT2D eigenvalue weighted by atomic mass is 32.1. The molecule has 1 atom stereocenters. The van der Waals surface area contributed by atoms with Crippen molar-refractivity contribution >= 4 is 34.1 Å². The Balaban J connectivity index is 2.69. The maximum absolute atomic E-state index is 11.8. The van der Waals surface area contributed by atoms with E-state index in [4.69, 9.17) is 10.2 Å². The third-order valence-electron chi connectivity index (χ3n) is 2.15. The Hall–Kier alpha value is -1.93. The average molecular weight is 286 g/mol. The van der Waals surface area contributed by atoms with Gasteiger partial charge in [0, 0.05) is 20.0 Å². The summed E-state index contributed by atoms with van der Waals surface area (Å²) in [5.41, 5.74) is 0. The van der Waals surface area contributed by atoms with Gasteiger partial charge in [0.1, 0.15) is 6.04 Å². The van der Waals surface area contributed by atoms with E-state index in [9.17, 15) is 14.4 Å². The van der Waals surface area contributed by atoms with Crippen LogP contribution in [0.1, 0.15) is 23.0 Å². The van der Waals surface area contributed by atoms with Crippen molar-refractivity contribution in [1.82, 2.24) is 5.32 Å². The van der Waals surface area contributed by atoms with Crippen molar-refractivity contribution in [2.24, 2.45) is 0 Å². The van der Waals surface area contributed by atoms with Gasteiger partial charge in [-0.3, -0.25) is 9.59 Å². The van der Waals surface area contributed by atoms with Crippen molar-refractivity contribution < 1.29 is 24.6 Å². The number of amides is 2. The zero-order chi connectivity index (χ0) is 14.4. The van der Waals surface area contributed by atoms with Gasteiger partial charge in [-0.2, -0.15) is 0 Å². The van der Waals surface area contributed by atoms with E-state index in [0.717, 1.165) is 11.3 Å². The van der Waals surface area contributed by atoms with E-state index in [0.29, 0.717) is 5.00 Å². The van der Waals surface area contributed by atoms with E-state index in [-0.39, 0.29) is 23.8 Å². The molecular formula is C11H14N2O5S. The van der Waals surface area contributed by atoms with E-state index < -0.39 is 17.9 Å². The molecule has 0 spiro atoms. The third-order valence-corrected chi connectivity index (χ3v) is 3.15. The summed E-state index contributed by atoms with van der Waals surface area (Å²) in [6, 6.07) is 1.91. The van der Waals surface area contributed by atoms with Crippen LogP contribution in [0.4, 0.5) is 5.00 Å². The minimum absolute atomic E-state index is 0.0645. The number of rotatable bonds is 6. The number of carbonyl (C=O) groups is 3. The highest BCUT2D eigenvalue weighted by Gasteiger charge is 2.20. The molecular weight excluding hydrogens is 272 g/mol. The molecule has 1 aromatic rings. The Bertz CT molecular complexity index is 485. The summed E-state index contributed by atoms with van der Waals surface area (Å²) in [6.07, 6.45) is -0.0645. The minimum atomic E-state index is -1.21. The maximum Gasteiger partial charge on any atom is 0.326 e. The molecule has 1 rings (SSSR count). The molecule has 0 aliphatic heterocycles. The number of aliphatic carboxylic acids is 1. The molecule has 8 heteroatoms. The molecule has 104 valence electrons. The molecule has 0 saturated heterocycles. The molecule has 0 saturated carbocycles. The van der Waals surface area contributed by atoms with Gasteiger partial charge in [0.15, 0.2) is 0 Å². The standard InChI is InChI=1S/C11H14N2O5S/c1-6(15)12-9-3-2-8(19-9)10(16)13-7(4-5-14)11(17)18/h2-3,7,14H,4-5H2,1H3,(H,12,15)(H,13,16)(H,17,18)/t7-/m1/s1. The van der Waals surface area contributed by atoms with Gasteiger partial charge in [0.25, 0.3) is 5.91 Å². The van der Waals surface area contributed by atoms with Crippen molar-refractivity contribution in [2.75, 3.05) is 11.9 Å². The molecule has 0 aliphatic rings. The lowest BCUT2D eigenvalue weighted by Crippen LogP contribution is -2.41. The second-order valence-electron chi connectivity index (χ2n) is 3.72. The van der Waals surface area contributed by atoms with Crippen LogP contribution in [-0.4, -0.2) is 40.6 Å². The molecule has 2 amide bonds. The van der Waals surface area contributed by atoms with Crippen molar-refractivity contribution in [3.05, 3.63) is 17.0 Å². The number of aliphatic hydroxyl groups is 1. The number of carboxylic acid groups (broad SMARTS) is 1. The van der Waals surface area contributed by atoms with E-state index in [2.05, 4.69) is 10.6 Å². The van der Waals surface area contributed by atoms with E-state index >= 15 is 0 Å². The smallest absolute Gasteiger partial charge is 0.326 e. The predicted octanol–water partition coefficient (Wildman–Crippen LogP) is 0.272. The lowest BCUT2D eigenvalue weighted by atomic mass is 10.2. The topological polar surface area (TPSA) is 116 Å². The summed E-state index contributed by atoms with van der Waals surface area (Å²) in [4.78, 5) is 33.7. The fraction of sp³-hybridized carbons (Fsp3) is 0.364. The van der Waals surface area contributed by atoms with Gasteiger partial charge in [0.05, 0.1) is 9.88 Å². The molecule has 1 heterocycles. The zero-order valence-corrected chi connectivity index (χ0v) is 11.0. The Kier molecular flexibility index (Phi) is 5.46. The zero-order valence-electron chi connectivity index (χ0n) is 10.2. The molecule has 0 radical (unpaired) electrons. The minimum Gasteiger partial charge on any atom is -0.480 e. The first-order valence-electron chi connectivity index (χ1n) is 5.46. The van der Waals surface area contributed by atoms with Crippen molar-refractivity contribution in [3.8, 4) is 0 Å². The fourth-order valence-electron chi connectivity index (χ4n) is 1.32. The maximum atomic E-state index is 11.8. The van der Waals surface area contributed by atoms with Gasteiger partial charge < -0.3 is 20.8 Å². The quantitative estimate of drug-likeness (QED) is 0.599. The lowest BCUT2D eigenvalue weighted by molar-refractivity contribution is -0.139. The summed E-state index contributed by atoms with van der Waals surface area (Å²) in [6.45, 7) is 1.01. The van der Waals surface area contributed by atoms with E-state index in [1.807, 2.05) is 0 Å². The first kappa shape index (κ1) is 15.1. The van der Waals surface area contributed by atoms with Gasteiger partial charge in [-0.15, -0.1) is 11.3 Å². The Morgan fingerprint density at radius 2 is 2.05 bits per heavy atom. The lowest BCUT2D eigenvalue weighted by Gasteiger charge is -2.12. The van der Waals surface area contributed by atoms with Crippen LogP contribution >= 0.6 is 11.3 Å². The summed E-state index contributed by atoms with van der Waals surface area (Å²) in [5, 5.41) is 22.9. The largest absolute Gasteiger partial charge is 0.480 e. The van der Waals surface area contributed by atoms with Crippen LogP contribution in [-0.2, 0) is 9.59 Å². The van der Waals surface area contributed by atoms with Crippen LogP contribution in [0, 0.1) is 0 Å². The van der Waals surface area contributed by atoms with Gasteiger partial charge in [-0.1, -0.05) is 0 Å². The van der Waals surface area contributed by atoms with Crippen LogP contribution < -0.4 is 10.6 Å². The van der Waals surface area contributed by atoms with Crippen molar-refractivity contribution in [2.45, 2.75) is 19.4 Å². The number of aliphatic hydroxyl groups excluding tert-OH is 1. The molecule has 0 fully saturated rings. The summed E-state index contributed by atoms with van der Waals surface area (Å²) < 4.78 is 0. The molecule has 1 aromatic heterocycles. The predicted molar refractivity (Wildman–Crippen MR) is 69.2 cm³/mol. The number of hydrogen-bond donors (Lipinski definition) is 4. The molecule has 19 heavy (non-hydrogen) atoms. The monoisotopic (exact) mass is 286 g/mol. The Labute approximate surface area is 113 Å². The number of anilines is 1. The number of hydrogen-bond acceptors (Lipinski definition) is 5. The van der Waals surface area contributed by atoms with Gasteiger partial charge in [-0.25, -0.2) is 4.79 Å². The molecule has 0 bridgehead atoms. The first-order chi connectivity index (χ1) is 8.93. The second-order valence-corrected chi connectivity index (χ2v) is 4.81. The fourth-order valence-corrected chi connectivity index (χ4v) is 2.17. The molecule has 0 aliphatic carbocycles. The van der Waals surface area contributed by atoms with Gasteiger partial charge >= 0.3 is 5.97 Å². The number of carbonyl (C=O) groups excluding carboxylic acids is 2. The van der Waals surface area contributed by atoms with E-state index in [1.165, 1.54) is 13.0 Å². The normalized spacial score (nSPS) is 11.7. The van der Waals surface area contributed by atoms with E-state index in [1.54, 1.807) is 6.07 Å². The summed E-state index contributed by atoms with van der Waals surface area (Å²) in [7, 11) is 0. The number of carboxylic acids is 1. The summed E-state index contributed by atoms with van der Waals surface area (Å²) in [5.74, 6) is -2.01. The van der Waals surface area contributed by atoms with Crippen molar-refractivity contribution in [1.29, 1.82) is 0 Å². The second kappa shape index (κ2) is 6.86. The SMILES string of the molecule is CC(=O)Nc1ccc(C(=O)N[C@H](CCO)C(=O)O)s1. The van der Waals surface area contributed by atoms with Gasteiger partial charge in [0.2, 0.25) is 5.91 Å². The van der Waals surface area contributed by atoms with Crippen LogP contribution in [0.25, 0.3) is 0 Å². The number of thiophene rings is 1. The average Bonchev–Trinajstić information content (AvgIpc) is 2.75. The molecule has 0 unspecified atom stereocenters. The third kappa shape index (κ3) is 4.68. The summed E-state index contributed by atoms with van der Waals surface area (Å²) >= 11 is 1.04. The van der Waals surface area contributed by atoms with Crippen LogP contribution in [0.2, 0.25) is 0 Å². The highest BCUT2D eigenvalue weighted by molar-refractivity contribution is 7.18. The van der Waals surface area contributed by atoms with Crippen LogP contribution in [0.15, 0.2) is 12.1 Å². The first-order valence-corrected chi connectivity index (χ1v) is 6.27. The number of nitrogens with one attached hydrogen (secondary N) is 2. The molecule has 0 aromatic carbocycles. The highest BCUT2D eigenvalue weighted by Crippen LogP contribution is 2.21. The molecule has 7 nitrogen and oxygen atoms in total.